The Morgan fingerprint density at radius 2 is 1.81 bits per heavy atom. The van der Waals surface area contributed by atoms with Gasteiger partial charge in [-0.2, -0.15) is 0 Å². The van der Waals surface area contributed by atoms with Gasteiger partial charge in [-0.05, 0) is 38.1 Å². The third-order valence-electron chi connectivity index (χ3n) is 3.29. The van der Waals surface area contributed by atoms with E-state index >= 15 is 0 Å². The Balaban J connectivity index is 2.14. The maximum absolute atomic E-state index is 14.3. The first-order valence-electron chi connectivity index (χ1n) is 6.57. The van der Waals surface area contributed by atoms with Gasteiger partial charge in [0, 0.05) is 30.2 Å². The Hall–Kier alpha value is -2.69. The molecule has 0 atom stereocenters. The zero-order valence-corrected chi connectivity index (χ0v) is 11.7. The highest BCUT2D eigenvalue weighted by atomic mass is 19.1. The molecule has 4 nitrogen and oxygen atoms in total. The second-order valence-corrected chi connectivity index (χ2v) is 4.84. The van der Waals surface area contributed by atoms with Crippen molar-refractivity contribution >= 4 is 0 Å². The molecule has 0 N–H and O–H groups in total. The molecule has 0 aliphatic carbocycles. The van der Waals surface area contributed by atoms with E-state index in [9.17, 15) is 9.18 Å². The lowest BCUT2D eigenvalue weighted by molar-refractivity contribution is 0.616. The number of benzene rings is 1. The van der Waals surface area contributed by atoms with E-state index in [4.69, 9.17) is 0 Å². The van der Waals surface area contributed by atoms with Crippen molar-refractivity contribution < 1.29 is 4.39 Å². The van der Waals surface area contributed by atoms with E-state index in [0.717, 1.165) is 0 Å². The van der Waals surface area contributed by atoms with Gasteiger partial charge in [-0.15, -0.1) is 0 Å². The topological polar surface area (TPSA) is 39.8 Å². The molecule has 0 spiro atoms. The van der Waals surface area contributed by atoms with Gasteiger partial charge in [0.05, 0.1) is 11.4 Å². The van der Waals surface area contributed by atoms with E-state index < -0.39 is 5.82 Å². The zero-order valence-electron chi connectivity index (χ0n) is 11.7. The minimum atomic E-state index is -0.393. The van der Waals surface area contributed by atoms with Gasteiger partial charge < -0.3 is 4.57 Å². The summed E-state index contributed by atoms with van der Waals surface area (Å²) in [6.45, 7) is 3.49. The number of hydrogen-bond acceptors (Lipinski definition) is 2. The summed E-state index contributed by atoms with van der Waals surface area (Å²) in [5.41, 5.74) is 1.35. The molecule has 0 saturated heterocycles. The SMILES string of the molecule is Cc1cc(=O)n(-c2ccc(-n3cccc3)c(F)c2)c(C)n1. The molecule has 2 aromatic heterocycles. The zero-order chi connectivity index (χ0) is 15.0. The fourth-order valence-electron chi connectivity index (χ4n) is 2.39. The molecule has 106 valence electrons. The highest BCUT2D eigenvalue weighted by Gasteiger charge is 2.10. The van der Waals surface area contributed by atoms with Crippen molar-refractivity contribution in [2.75, 3.05) is 0 Å². The lowest BCUT2D eigenvalue weighted by Crippen LogP contribution is -2.22. The van der Waals surface area contributed by atoms with Crippen molar-refractivity contribution in [3.8, 4) is 11.4 Å². The number of halogens is 1. The molecule has 0 bridgehead atoms. The van der Waals surface area contributed by atoms with E-state index in [1.54, 1.807) is 42.9 Å². The molecule has 0 aliphatic rings. The van der Waals surface area contributed by atoms with Gasteiger partial charge in [0.25, 0.3) is 5.56 Å². The van der Waals surface area contributed by atoms with Crippen LogP contribution in [0.1, 0.15) is 11.5 Å². The average Bonchev–Trinajstić information content (AvgIpc) is 2.91. The largest absolute Gasteiger partial charge is 0.321 e. The smallest absolute Gasteiger partial charge is 0.258 e. The summed E-state index contributed by atoms with van der Waals surface area (Å²) in [5, 5.41) is 0. The molecular formula is C16H14FN3O. The van der Waals surface area contributed by atoms with Crippen LogP contribution in [-0.2, 0) is 0 Å². The maximum atomic E-state index is 14.3. The van der Waals surface area contributed by atoms with Crippen LogP contribution in [0.25, 0.3) is 11.4 Å². The Bertz CT molecular complexity index is 850. The van der Waals surface area contributed by atoms with E-state index in [2.05, 4.69) is 4.98 Å². The maximum Gasteiger partial charge on any atom is 0.258 e. The Labute approximate surface area is 121 Å². The molecule has 21 heavy (non-hydrogen) atoms. The summed E-state index contributed by atoms with van der Waals surface area (Å²) in [6.07, 6.45) is 3.53. The molecule has 3 rings (SSSR count). The van der Waals surface area contributed by atoms with Crippen LogP contribution in [0.4, 0.5) is 4.39 Å². The molecule has 3 aromatic rings. The minimum absolute atomic E-state index is 0.215. The number of rotatable bonds is 2. The Kier molecular flexibility index (Phi) is 3.17. The molecule has 0 fully saturated rings. The van der Waals surface area contributed by atoms with Crippen LogP contribution in [-0.4, -0.2) is 14.1 Å². The quantitative estimate of drug-likeness (QED) is 0.725. The normalized spacial score (nSPS) is 10.8. The molecule has 5 heteroatoms. The first-order valence-corrected chi connectivity index (χ1v) is 6.57. The van der Waals surface area contributed by atoms with E-state index in [0.29, 0.717) is 22.9 Å². The number of hydrogen-bond donors (Lipinski definition) is 0. The van der Waals surface area contributed by atoms with Gasteiger partial charge in [0.2, 0.25) is 0 Å². The van der Waals surface area contributed by atoms with E-state index in [-0.39, 0.29) is 5.56 Å². The van der Waals surface area contributed by atoms with Gasteiger partial charge in [-0.3, -0.25) is 9.36 Å². The first kappa shape index (κ1) is 13.3. The van der Waals surface area contributed by atoms with Gasteiger partial charge in [-0.1, -0.05) is 0 Å². The predicted octanol–water partition coefficient (Wildman–Crippen LogP) is 2.78. The van der Waals surface area contributed by atoms with Crippen molar-refractivity contribution in [3.05, 3.63) is 76.5 Å². The van der Waals surface area contributed by atoms with Crippen LogP contribution >= 0.6 is 0 Å². The summed E-state index contributed by atoms with van der Waals surface area (Å²) in [7, 11) is 0. The van der Waals surface area contributed by atoms with Crippen LogP contribution < -0.4 is 5.56 Å². The average molecular weight is 283 g/mol. The van der Waals surface area contributed by atoms with Crippen LogP contribution in [0, 0.1) is 19.7 Å². The molecule has 0 saturated carbocycles. The van der Waals surface area contributed by atoms with Crippen molar-refractivity contribution in [2.24, 2.45) is 0 Å². The summed E-state index contributed by atoms with van der Waals surface area (Å²) in [4.78, 5) is 16.3. The molecule has 0 aliphatic heterocycles. The fraction of sp³-hybridized carbons (Fsp3) is 0.125. The second-order valence-electron chi connectivity index (χ2n) is 4.84. The molecule has 2 heterocycles. The highest BCUT2D eigenvalue weighted by Crippen LogP contribution is 2.17. The van der Waals surface area contributed by atoms with Gasteiger partial charge >= 0.3 is 0 Å². The Morgan fingerprint density at radius 1 is 1.10 bits per heavy atom. The van der Waals surface area contributed by atoms with Crippen LogP contribution in [0.15, 0.2) is 53.6 Å². The monoisotopic (exact) mass is 283 g/mol. The predicted molar refractivity (Wildman–Crippen MR) is 78.6 cm³/mol. The van der Waals surface area contributed by atoms with Gasteiger partial charge in [0.1, 0.15) is 11.6 Å². The standard InChI is InChI=1S/C16H14FN3O/c1-11-9-16(21)20(12(2)18-11)13-5-6-15(14(17)10-13)19-7-3-4-8-19/h3-10H,1-2H3. The molecule has 1 aromatic carbocycles. The van der Waals surface area contributed by atoms with Crippen molar-refractivity contribution in [1.29, 1.82) is 0 Å². The lowest BCUT2D eigenvalue weighted by atomic mass is 10.2. The molecule has 0 radical (unpaired) electrons. The summed E-state index contributed by atoms with van der Waals surface area (Å²) in [5.74, 6) is 0.142. The van der Waals surface area contributed by atoms with Gasteiger partial charge in [-0.25, -0.2) is 9.37 Å². The highest BCUT2D eigenvalue weighted by molar-refractivity contribution is 5.44. The summed E-state index contributed by atoms with van der Waals surface area (Å²) < 4.78 is 17.4. The number of nitrogens with zero attached hydrogens (tertiary/aromatic N) is 3. The second kappa shape index (κ2) is 5.01. The third kappa shape index (κ3) is 2.38. The summed E-state index contributed by atoms with van der Waals surface area (Å²) >= 11 is 0. The van der Waals surface area contributed by atoms with Gasteiger partial charge in [0.15, 0.2) is 0 Å². The molecular weight excluding hydrogens is 269 g/mol. The number of aromatic nitrogens is 3. The Morgan fingerprint density at radius 3 is 2.43 bits per heavy atom. The van der Waals surface area contributed by atoms with Crippen molar-refractivity contribution in [1.82, 2.24) is 14.1 Å². The van der Waals surface area contributed by atoms with E-state index in [1.807, 2.05) is 12.1 Å². The van der Waals surface area contributed by atoms with Crippen LogP contribution in [0.5, 0.6) is 0 Å². The summed E-state index contributed by atoms with van der Waals surface area (Å²) in [6, 6.07) is 9.80. The number of aryl methyl sites for hydroxylation is 2. The minimum Gasteiger partial charge on any atom is -0.321 e. The van der Waals surface area contributed by atoms with E-state index in [1.165, 1.54) is 16.7 Å². The third-order valence-corrected chi connectivity index (χ3v) is 3.29. The van der Waals surface area contributed by atoms with Crippen molar-refractivity contribution in [3.63, 3.8) is 0 Å². The fourth-order valence-corrected chi connectivity index (χ4v) is 2.39. The molecule has 0 amide bonds. The van der Waals surface area contributed by atoms with Crippen LogP contribution in [0.2, 0.25) is 0 Å². The van der Waals surface area contributed by atoms with Crippen molar-refractivity contribution in [2.45, 2.75) is 13.8 Å². The first-order chi connectivity index (χ1) is 10.1. The molecule has 0 unspecified atom stereocenters. The lowest BCUT2D eigenvalue weighted by Gasteiger charge is -2.11. The van der Waals surface area contributed by atoms with Crippen LogP contribution in [0.3, 0.4) is 0 Å².